The summed E-state index contributed by atoms with van der Waals surface area (Å²) in [6.07, 6.45) is 4.05. The molecule has 1 aromatic carbocycles. The van der Waals surface area contributed by atoms with Crippen molar-refractivity contribution in [2.75, 3.05) is 5.73 Å². The first kappa shape index (κ1) is 12.2. The van der Waals surface area contributed by atoms with Gasteiger partial charge >= 0.3 is 0 Å². The van der Waals surface area contributed by atoms with Gasteiger partial charge in [-0.05, 0) is 24.6 Å². The fourth-order valence-corrected chi connectivity index (χ4v) is 1.86. The van der Waals surface area contributed by atoms with E-state index in [-0.39, 0.29) is 5.91 Å². The molecule has 1 unspecified atom stereocenters. The van der Waals surface area contributed by atoms with Crippen molar-refractivity contribution in [3.8, 4) is 0 Å². The van der Waals surface area contributed by atoms with Crippen molar-refractivity contribution in [2.45, 2.75) is 19.4 Å². The van der Waals surface area contributed by atoms with Gasteiger partial charge in [0.15, 0.2) is 0 Å². The van der Waals surface area contributed by atoms with Crippen molar-refractivity contribution in [2.24, 2.45) is 5.73 Å². The number of aromatic nitrogens is 2. The average Bonchev–Trinajstić information content (AvgIpc) is 2.76. The lowest BCUT2D eigenvalue weighted by molar-refractivity contribution is -0.120. The molecule has 2 aromatic rings. The van der Waals surface area contributed by atoms with E-state index in [2.05, 4.69) is 4.98 Å². The minimum atomic E-state index is -0.399. The topological polar surface area (TPSA) is 86.9 Å². The Morgan fingerprint density at radius 1 is 1.50 bits per heavy atom. The van der Waals surface area contributed by atoms with Gasteiger partial charge in [-0.1, -0.05) is 12.1 Å². The molecular weight excluding hydrogens is 228 g/mol. The molecule has 0 spiro atoms. The van der Waals surface area contributed by atoms with Gasteiger partial charge < -0.3 is 16.0 Å². The van der Waals surface area contributed by atoms with Crippen molar-refractivity contribution in [1.29, 1.82) is 0 Å². The number of imidazole rings is 1. The zero-order valence-electron chi connectivity index (χ0n) is 10.2. The molecule has 0 aliphatic carbocycles. The summed E-state index contributed by atoms with van der Waals surface area (Å²) in [7, 11) is 0. The molecule has 0 saturated carbocycles. The number of hydrogen-bond acceptors (Lipinski definition) is 3. The van der Waals surface area contributed by atoms with E-state index in [1.54, 1.807) is 23.9 Å². The molecule has 1 atom stereocenters. The van der Waals surface area contributed by atoms with Gasteiger partial charge in [-0.15, -0.1) is 0 Å². The fourth-order valence-electron chi connectivity index (χ4n) is 1.86. The highest BCUT2D eigenvalue weighted by Crippen LogP contribution is 2.14. The van der Waals surface area contributed by atoms with Crippen LogP contribution >= 0.6 is 0 Å². The van der Waals surface area contributed by atoms with E-state index in [1.807, 2.05) is 24.3 Å². The monoisotopic (exact) mass is 244 g/mol. The van der Waals surface area contributed by atoms with Gasteiger partial charge in [0.2, 0.25) is 5.91 Å². The number of nitrogens with zero attached hydrogens (tertiary/aromatic N) is 2. The van der Waals surface area contributed by atoms with E-state index in [4.69, 9.17) is 11.5 Å². The molecule has 0 aliphatic heterocycles. The number of anilines is 1. The lowest BCUT2D eigenvalue weighted by Crippen LogP contribution is -2.25. The van der Waals surface area contributed by atoms with Crippen LogP contribution in [0.4, 0.5) is 5.69 Å². The highest BCUT2D eigenvalue weighted by atomic mass is 16.1. The first-order valence-corrected chi connectivity index (χ1v) is 5.73. The Balaban J connectivity index is 2.25. The zero-order valence-corrected chi connectivity index (χ0v) is 10.2. The van der Waals surface area contributed by atoms with Crippen LogP contribution in [0.1, 0.15) is 24.4 Å². The minimum absolute atomic E-state index is 0.373. The number of hydrogen-bond donors (Lipinski definition) is 2. The second kappa shape index (κ2) is 4.91. The SMILES string of the molecule is CC(C(N)=O)n1ccnc1Cc1cccc(N)c1. The summed E-state index contributed by atoms with van der Waals surface area (Å²) in [5.41, 5.74) is 12.8. The van der Waals surface area contributed by atoms with Crippen molar-refractivity contribution in [1.82, 2.24) is 9.55 Å². The van der Waals surface area contributed by atoms with Gasteiger partial charge in [0.1, 0.15) is 11.9 Å². The number of carbonyl (C=O) groups excluding carboxylic acids is 1. The Hall–Kier alpha value is -2.30. The molecule has 5 nitrogen and oxygen atoms in total. The first-order chi connectivity index (χ1) is 8.58. The first-order valence-electron chi connectivity index (χ1n) is 5.73. The molecule has 4 N–H and O–H groups in total. The molecule has 1 heterocycles. The van der Waals surface area contributed by atoms with Crippen molar-refractivity contribution in [3.05, 3.63) is 48.0 Å². The number of rotatable bonds is 4. The molecule has 0 saturated heterocycles. The third-order valence-corrected chi connectivity index (χ3v) is 2.89. The van der Waals surface area contributed by atoms with Crippen LogP contribution in [0.3, 0.4) is 0 Å². The molecule has 0 aliphatic rings. The lowest BCUT2D eigenvalue weighted by atomic mass is 10.1. The Bertz CT molecular complexity index is 562. The highest BCUT2D eigenvalue weighted by Gasteiger charge is 2.14. The number of amides is 1. The van der Waals surface area contributed by atoms with E-state index < -0.39 is 6.04 Å². The fraction of sp³-hybridized carbons (Fsp3) is 0.231. The van der Waals surface area contributed by atoms with Crippen molar-refractivity contribution < 1.29 is 4.79 Å². The molecule has 1 aromatic heterocycles. The van der Waals surface area contributed by atoms with Gasteiger partial charge in [0.25, 0.3) is 0 Å². The van der Waals surface area contributed by atoms with E-state index >= 15 is 0 Å². The number of primary amides is 1. The quantitative estimate of drug-likeness (QED) is 0.789. The van der Waals surface area contributed by atoms with Gasteiger partial charge in [0.05, 0.1) is 0 Å². The van der Waals surface area contributed by atoms with Gasteiger partial charge in [-0.3, -0.25) is 4.79 Å². The Labute approximate surface area is 105 Å². The van der Waals surface area contributed by atoms with E-state index in [1.165, 1.54) is 0 Å². The molecule has 5 heteroatoms. The summed E-state index contributed by atoms with van der Waals surface area (Å²) >= 11 is 0. The van der Waals surface area contributed by atoms with Crippen LogP contribution in [0, 0.1) is 0 Å². The number of carbonyl (C=O) groups is 1. The normalized spacial score (nSPS) is 12.3. The molecule has 0 fully saturated rings. The Kier molecular flexibility index (Phi) is 3.32. The summed E-state index contributed by atoms with van der Waals surface area (Å²) in [5, 5.41) is 0. The number of benzene rings is 1. The molecular formula is C13H16N4O. The zero-order chi connectivity index (χ0) is 13.1. The molecule has 2 rings (SSSR count). The Morgan fingerprint density at radius 2 is 2.28 bits per heavy atom. The molecule has 18 heavy (non-hydrogen) atoms. The van der Waals surface area contributed by atoms with Gasteiger partial charge in [0, 0.05) is 24.5 Å². The molecule has 0 bridgehead atoms. The minimum Gasteiger partial charge on any atom is -0.399 e. The van der Waals surface area contributed by atoms with Crippen LogP contribution in [-0.4, -0.2) is 15.5 Å². The second-order valence-corrected chi connectivity index (χ2v) is 4.25. The number of nitrogen functional groups attached to an aromatic ring is 1. The van der Waals surface area contributed by atoms with Crippen LogP contribution in [-0.2, 0) is 11.2 Å². The summed E-state index contributed by atoms with van der Waals surface area (Å²) in [6, 6.07) is 7.21. The average molecular weight is 244 g/mol. The summed E-state index contributed by atoms with van der Waals surface area (Å²) in [5.74, 6) is 0.425. The smallest absolute Gasteiger partial charge is 0.240 e. The van der Waals surface area contributed by atoms with Crippen LogP contribution in [0.5, 0.6) is 0 Å². The summed E-state index contributed by atoms with van der Waals surface area (Å²) in [4.78, 5) is 15.5. The van der Waals surface area contributed by atoms with E-state index in [0.717, 1.165) is 11.4 Å². The van der Waals surface area contributed by atoms with Crippen LogP contribution in [0.2, 0.25) is 0 Å². The third-order valence-electron chi connectivity index (χ3n) is 2.89. The largest absolute Gasteiger partial charge is 0.399 e. The maximum absolute atomic E-state index is 11.2. The molecule has 94 valence electrons. The van der Waals surface area contributed by atoms with Crippen molar-refractivity contribution in [3.63, 3.8) is 0 Å². The predicted octanol–water partition coefficient (Wildman–Crippen LogP) is 1.10. The molecule has 0 radical (unpaired) electrons. The summed E-state index contributed by atoms with van der Waals surface area (Å²) in [6.45, 7) is 1.76. The lowest BCUT2D eigenvalue weighted by Gasteiger charge is -2.13. The number of nitrogens with two attached hydrogens (primary N) is 2. The van der Waals surface area contributed by atoms with Crippen LogP contribution in [0.15, 0.2) is 36.7 Å². The van der Waals surface area contributed by atoms with E-state index in [0.29, 0.717) is 12.1 Å². The third kappa shape index (κ3) is 2.51. The van der Waals surface area contributed by atoms with Gasteiger partial charge in [-0.2, -0.15) is 0 Å². The van der Waals surface area contributed by atoms with E-state index in [9.17, 15) is 4.79 Å². The standard InChI is InChI=1S/C13H16N4O/c1-9(13(15)18)17-6-5-16-12(17)8-10-3-2-4-11(14)7-10/h2-7,9H,8,14H2,1H3,(H2,15,18). The highest BCUT2D eigenvalue weighted by molar-refractivity contribution is 5.78. The van der Waals surface area contributed by atoms with Crippen LogP contribution in [0.25, 0.3) is 0 Å². The predicted molar refractivity (Wildman–Crippen MR) is 69.8 cm³/mol. The molecule has 1 amide bonds. The maximum Gasteiger partial charge on any atom is 0.240 e. The second-order valence-electron chi connectivity index (χ2n) is 4.25. The van der Waals surface area contributed by atoms with Gasteiger partial charge in [-0.25, -0.2) is 4.98 Å². The maximum atomic E-state index is 11.2. The Morgan fingerprint density at radius 3 is 2.94 bits per heavy atom. The summed E-state index contributed by atoms with van der Waals surface area (Å²) < 4.78 is 1.78. The van der Waals surface area contributed by atoms with Crippen molar-refractivity contribution >= 4 is 11.6 Å². The van der Waals surface area contributed by atoms with Crippen LogP contribution < -0.4 is 11.5 Å².